The minimum absolute atomic E-state index is 0.178. The first-order valence-corrected chi connectivity index (χ1v) is 6.04. The van der Waals surface area contributed by atoms with Crippen molar-refractivity contribution >= 4 is 27.5 Å². The van der Waals surface area contributed by atoms with Gasteiger partial charge in [0, 0.05) is 10.2 Å². The molecule has 0 saturated heterocycles. The van der Waals surface area contributed by atoms with E-state index in [1.807, 2.05) is 19.1 Å². The highest BCUT2D eigenvalue weighted by Crippen LogP contribution is 2.20. The van der Waals surface area contributed by atoms with Crippen molar-refractivity contribution in [1.29, 1.82) is 0 Å². The molecule has 0 aliphatic heterocycles. The molecule has 0 saturated carbocycles. The van der Waals surface area contributed by atoms with Gasteiger partial charge in [-0.2, -0.15) is 0 Å². The topological polar surface area (TPSA) is 42.0 Å². The molecule has 0 unspecified atom stereocenters. The van der Waals surface area contributed by atoms with Crippen molar-refractivity contribution in [3.63, 3.8) is 0 Å². The normalized spacial score (nSPS) is 10.2. The zero-order chi connectivity index (χ0) is 13.1. The van der Waals surface area contributed by atoms with Crippen molar-refractivity contribution in [1.82, 2.24) is 4.98 Å². The van der Waals surface area contributed by atoms with Gasteiger partial charge < -0.3 is 5.32 Å². The lowest BCUT2D eigenvalue weighted by Gasteiger charge is -2.06. The van der Waals surface area contributed by atoms with Gasteiger partial charge in [0.2, 0.25) is 0 Å². The first kappa shape index (κ1) is 12.7. The van der Waals surface area contributed by atoms with E-state index in [-0.39, 0.29) is 11.6 Å². The smallest absolute Gasteiger partial charge is 0.274 e. The summed E-state index contributed by atoms with van der Waals surface area (Å²) in [6, 6.07) is 8.01. The summed E-state index contributed by atoms with van der Waals surface area (Å²) in [5.41, 5.74) is 1.86. The molecule has 1 N–H and O–H groups in total. The molecule has 0 spiro atoms. The summed E-state index contributed by atoms with van der Waals surface area (Å²) < 4.78 is 13.6. The number of nitrogens with one attached hydrogen (secondary N) is 1. The number of hydrogen-bond acceptors (Lipinski definition) is 2. The molecule has 0 bridgehead atoms. The molecule has 1 heterocycles. The summed E-state index contributed by atoms with van der Waals surface area (Å²) >= 11 is 3.38. The first-order chi connectivity index (χ1) is 8.56. The van der Waals surface area contributed by atoms with E-state index >= 15 is 0 Å². The maximum Gasteiger partial charge on any atom is 0.274 e. The summed E-state index contributed by atoms with van der Waals surface area (Å²) in [5, 5.41) is 2.70. The Kier molecular flexibility index (Phi) is 3.72. The van der Waals surface area contributed by atoms with Crippen LogP contribution in [0, 0.1) is 12.7 Å². The lowest BCUT2D eigenvalue weighted by Crippen LogP contribution is -2.13. The summed E-state index contributed by atoms with van der Waals surface area (Å²) in [5.74, 6) is -0.831. The molecule has 1 amide bonds. The highest BCUT2D eigenvalue weighted by molar-refractivity contribution is 9.10. The zero-order valence-corrected chi connectivity index (χ0v) is 11.2. The largest absolute Gasteiger partial charge is 0.321 e. The molecule has 0 radical (unpaired) electrons. The van der Waals surface area contributed by atoms with Crippen molar-refractivity contribution in [2.24, 2.45) is 0 Å². The van der Waals surface area contributed by atoms with Crippen LogP contribution in [0.4, 0.5) is 10.1 Å². The van der Waals surface area contributed by atoms with Crippen molar-refractivity contribution < 1.29 is 9.18 Å². The van der Waals surface area contributed by atoms with Crippen LogP contribution in [0.5, 0.6) is 0 Å². The van der Waals surface area contributed by atoms with Crippen molar-refractivity contribution in [3.8, 4) is 0 Å². The van der Waals surface area contributed by atoms with Crippen LogP contribution in [-0.4, -0.2) is 10.9 Å². The number of amides is 1. The molecule has 0 fully saturated rings. The molecule has 18 heavy (non-hydrogen) atoms. The van der Waals surface area contributed by atoms with Gasteiger partial charge in [0.25, 0.3) is 5.91 Å². The zero-order valence-electron chi connectivity index (χ0n) is 9.58. The molecular weight excluding hydrogens is 299 g/mol. The quantitative estimate of drug-likeness (QED) is 0.922. The van der Waals surface area contributed by atoms with E-state index in [1.165, 1.54) is 12.1 Å². The summed E-state index contributed by atoms with van der Waals surface area (Å²) in [4.78, 5) is 15.5. The van der Waals surface area contributed by atoms with Gasteiger partial charge in [0.05, 0.1) is 6.20 Å². The Labute approximate surface area is 112 Å². The molecule has 1 aromatic heterocycles. The number of rotatable bonds is 2. The highest BCUT2D eigenvalue weighted by atomic mass is 79.9. The molecule has 2 rings (SSSR count). The number of nitrogens with zero attached hydrogens (tertiary/aromatic N) is 1. The Morgan fingerprint density at radius 3 is 2.72 bits per heavy atom. The summed E-state index contributed by atoms with van der Waals surface area (Å²) in [6.07, 6.45) is 1.02. The van der Waals surface area contributed by atoms with Crippen LogP contribution in [0.1, 0.15) is 16.1 Å². The number of carbonyl (C=O) groups is 1. The number of aromatic nitrogens is 1. The molecule has 3 nitrogen and oxygen atoms in total. The Bertz CT molecular complexity index is 584. The molecule has 0 aliphatic rings. The number of hydrogen-bond donors (Lipinski definition) is 1. The third-order valence-electron chi connectivity index (χ3n) is 2.38. The highest BCUT2D eigenvalue weighted by Gasteiger charge is 2.08. The predicted octanol–water partition coefficient (Wildman–Crippen LogP) is 3.54. The van der Waals surface area contributed by atoms with Crippen molar-refractivity contribution in [2.75, 3.05) is 5.32 Å². The second-order valence-electron chi connectivity index (χ2n) is 3.78. The van der Waals surface area contributed by atoms with Gasteiger partial charge in [-0.25, -0.2) is 9.37 Å². The molecule has 0 atom stereocenters. The maximum atomic E-state index is 12.7. The van der Waals surface area contributed by atoms with Crippen LogP contribution < -0.4 is 5.32 Å². The van der Waals surface area contributed by atoms with Crippen molar-refractivity contribution in [3.05, 3.63) is 58.1 Å². The number of anilines is 1. The second-order valence-corrected chi connectivity index (χ2v) is 4.63. The number of aryl methyl sites for hydroxylation is 1. The van der Waals surface area contributed by atoms with Crippen LogP contribution >= 0.6 is 15.9 Å². The van der Waals surface area contributed by atoms with E-state index in [9.17, 15) is 9.18 Å². The SMILES string of the molecule is Cc1cc(NC(=O)c2ccc(F)cn2)ccc1Br. The summed E-state index contributed by atoms with van der Waals surface area (Å²) in [6.45, 7) is 1.93. The molecular formula is C13H10BrFN2O. The molecule has 5 heteroatoms. The fourth-order valence-electron chi connectivity index (χ4n) is 1.43. The number of carbonyl (C=O) groups excluding carboxylic acids is 1. The van der Waals surface area contributed by atoms with Crippen LogP contribution in [0.15, 0.2) is 41.0 Å². The third kappa shape index (κ3) is 2.92. The third-order valence-corrected chi connectivity index (χ3v) is 3.27. The predicted molar refractivity (Wildman–Crippen MR) is 71.0 cm³/mol. The number of pyridine rings is 1. The fraction of sp³-hybridized carbons (Fsp3) is 0.0769. The average Bonchev–Trinajstić information content (AvgIpc) is 2.34. The van der Waals surface area contributed by atoms with Crippen LogP contribution in [0.3, 0.4) is 0 Å². The van der Waals surface area contributed by atoms with Crippen molar-refractivity contribution in [2.45, 2.75) is 6.92 Å². The van der Waals surface area contributed by atoms with E-state index in [4.69, 9.17) is 0 Å². The Morgan fingerprint density at radius 2 is 2.11 bits per heavy atom. The average molecular weight is 309 g/mol. The van der Waals surface area contributed by atoms with Crippen LogP contribution in [0.25, 0.3) is 0 Å². The van der Waals surface area contributed by atoms with Gasteiger partial charge in [-0.3, -0.25) is 4.79 Å². The van der Waals surface area contributed by atoms with Crippen LogP contribution in [0.2, 0.25) is 0 Å². The molecule has 2 aromatic rings. The van der Waals surface area contributed by atoms with E-state index in [0.29, 0.717) is 5.69 Å². The van der Waals surface area contributed by atoms with Gasteiger partial charge in [-0.1, -0.05) is 15.9 Å². The molecule has 0 aliphatic carbocycles. The monoisotopic (exact) mass is 308 g/mol. The molecule has 1 aromatic carbocycles. The molecule has 92 valence electrons. The van der Waals surface area contributed by atoms with E-state index in [0.717, 1.165) is 16.2 Å². The van der Waals surface area contributed by atoms with Gasteiger partial charge in [-0.15, -0.1) is 0 Å². The maximum absolute atomic E-state index is 12.7. The lowest BCUT2D eigenvalue weighted by atomic mass is 10.2. The van der Waals surface area contributed by atoms with E-state index in [2.05, 4.69) is 26.2 Å². The minimum Gasteiger partial charge on any atom is -0.321 e. The summed E-state index contributed by atoms with van der Waals surface area (Å²) in [7, 11) is 0. The fourth-order valence-corrected chi connectivity index (χ4v) is 1.67. The minimum atomic E-state index is -0.467. The standard InChI is InChI=1S/C13H10BrFN2O/c1-8-6-10(3-4-11(8)14)17-13(18)12-5-2-9(15)7-16-12/h2-7H,1H3,(H,17,18). The Hall–Kier alpha value is -1.75. The number of halogens is 2. The van der Waals surface area contributed by atoms with Gasteiger partial charge >= 0.3 is 0 Å². The van der Waals surface area contributed by atoms with E-state index < -0.39 is 5.82 Å². The van der Waals surface area contributed by atoms with E-state index in [1.54, 1.807) is 6.07 Å². The lowest BCUT2D eigenvalue weighted by molar-refractivity contribution is 0.102. The Balaban J connectivity index is 2.16. The van der Waals surface area contributed by atoms with Gasteiger partial charge in [0.15, 0.2) is 0 Å². The first-order valence-electron chi connectivity index (χ1n) is 5.25. The second kappa shape index (κ2) is 5.27. The van der Waals surface area contributed by atoms with Gasteiger partial charge in [-0.05, 0) is 42.8 Å². The Morgan fingerprint density at radius 1 is 1.33 bits per heavy atom. The van der Waals surface area contributed by atoms with Gasteiger partial charge in [0.1, 0.15) is 11.5 Å². The number of benzene rings is 1. The van der Waals surface area contributed by atoms with Crippen LogP contribution in [-0.2, 0) is 0 Å².